The number of carbonyl (C=O) groups excluding carboxylic acids is 1. The van der Waals surface area contributed by atoms with Crippen molar-refractivity contribution in [2.75, 3.05) is 0 Å². The number of rotatable bonds is 2. The van der Waals surface area contributed by atoms with E-state index in [2.05, 4.69) is 21.2 Å². The predicted molar refractivity (Wildman–Crippen MR) is 51.3 cm³/mol. The van der Waals surface area contributed by atoms with Gasteiger partial charge in [0.25, 0.3) is 0 Å². The Morgan fingerprint density at radius 3 is 2.54 bits per heavy atom. The van der Waals surface area contributed by atoms with E-state index in [4.69, 9.17) is 4.74 Å². The zero-order valence-corrected chi connectivity index (χ0v) is 8.37. The molecule has 13 heavy (non-hydrogen) atoms. The molecule has 0 aliphatic carbocycles. The molecule has 68 valence electrons. The molecule has 0 spiro atoms. The zero-order chi connectivity index (χ0) is 9.26. The van der Waals surface area contributed by atoms with E-state index < -0.39 is 0 Å². The maximum atomic E-state index is 10.6. The Morgan fingerprint density at radius 2 is 2.00 bits per heavy atom. The lowest BCUT2D eigenvalue weighted by atomic mass is 10.2. The first-order valence-electron chi connectivity index (χ1n) is 3.95. The van der Waals surface area contributed by atoms with Crippen molar-refractivity contribution in [1.29, 1.82) is 0 Å². The number of amides is 1. The summed E-state index contributed by atoms with van der Waals surface area (Å²) >= 11 is 3.33. The van der Waals surface area contributed by atoms with Crippen LogP contribution in [0.5, 0.6) is 5.75 Å². The van der Waals surface area contributed by atoms with Gasteiger partial charge in [-0.15, -0.1) is 0 Å². The second-order valence-electron chi connectivity index (χ2n) is 2.83. The van der Waals surface area contributed by atoms with E-state index in [1.165, 1.54) is 0 Å². The van der Waals surface area contributed by atoms with Gasteiger partial charge in [0, 0.05) is 4.47 Å². The van der Waals surface area contributed by atoms with Crippen LogP contribution in [0, 0.1) is 0 Å². The van der Waals surface area contributed by atoms with Crippen LogP contribution in [0.3, 0.4) is 0 Å². The highest BCUT2D eigenvalue weighted by molar-refractivity contribution is 9.10. The van der Waals surface area contributed by atoms with Crippen LogP contribution in [-0.2, 0) is 4.79 Å². The Kier molecular flexibility index (Phi) is 2.22. The predicted octanol–water partition coefficient (Wildman–Crippen LogP) is 1.67. The molecule has 2 rings (SSSR count). The molecule has 1 fully saturated rings. The smallest absolute Gasteiger partial charge is 0.228 e. The molecule has 0 bridgehead atoms. The number of hydrogen-bond donors (Lipinski definition) is 1. The molecule has 1 aliphatic rings. The second kappa shape index (κ2) is 3.38. The molecular weight excluding hydrogens is 234 g/mol. The number of ether oxygens (including phenoxy) is 1. The molecule has 4 heteroatoms. The largest absolute Gasteiger partial charge is 0.470 e. The average molecular weight is 242 g/mol. The number of carbonyl (C=O) groups is 1. The molecule has 0 radical (unpaired) electrons. The molecule has 1 aromatic rings. The zero-order valence-electron chi connectivity index (χ0n) is 6.79. The highest BCUT2D eigenvalue weighted by Crippen LogP contribution is 2.19. The number of halogens is 1. The molecule has 0 aromatic heterocycles. The second-order valence-corrected chi connectivity index (χ2v) is 3.75. The highest BCUT2D eigenvalue weighted by Gasteiger charge is 2.26. The third-order valence-electron chi connectivity index (χ3n) is 1.78. The van der Waals surface area contributed by atoms with Crippen molar-refractivity contribution in [1.82, 2.24) is 5.32 Å². The Morgan fingerprint density at radius 1 is 1.38 bits per heavy atom. The molecule has 0 unspecified atom stereocenters. The number of nitrogens with one attached hydrogen (secondary N) is 1. The summed E-state index contributed by atoms with van der Waals surface area (Å²) in [6.45, 7) is 0. The van der Waals surface area contributed by atoms with Crippen molar-refractivity contribution in [2.24, 2.45) is 0 Å². The van der Waals surface area contributed by atoms with Crippen molar-refractivity contribution >= 4 is 21.8 Å². The van der Waals surface area contributed by atoms with Gasteiger partial charge < -0.3 is 10.1 Å². The first-order valence-corrected chi connectivity index (χ1v) is 4.75. The molecule has 1 aliphatic heterocycles. The van der Waals surface area contributed by atoms with E-state index in [1.54, 1.807) is 0 Å². The molecule has 0 saturated carbocycles. The first kappa shape index (κ1) is 8.56. The fourth-order valence-electron chi connectivity index (χ4n) is 1.08. The van der Waals surface area contributed by atoms with Crippen molar-refractivity contribution < 1.29 is 9.53 Å². The molecule has 1 aromatic carbocycles. The third-order valence-corrected chi connectivity index (χ3v) is 2.31. The summed E-state index contributed by atoms with van der Waals surface area (Å²) in [5.74, 6) is 0.815. The van der Waals surface area contributed by atoms with Gasteiger partial charge in [-0.25, -0.2) is 0 Å². The van der Waals surface area contributed by atoms with Crippen molar-refractivity contribution in [2.45, 2.75) is 12.6 Å². The van der Waals surface area contributed by atoms with E-state index >= 15 is 0 Å². The van der Waals surface area contributed by atoms with E-state index in [-0.39, 0.29) is 12.1 Å². The summed E-state index contributed by atoms with van der Waals surface area (Å²) in [6, 6.07) is 7.51. The van der Waals surface area contributed by atoms with Gasteiger partial charge >= 0.3 is 0 Å². The molecule has 1 amide bonds. The van der Waals surface area contributed by atoms with Gasteiger partial charge in [0.2, 0.25) is 5.91 Å². The number of β-lactam (4-membered cyclic amide) rings is 1. The lowest BCUT2D eigenvalue weighted by Gasteiger charge is -2.27. The molecule has 3 nitrogen and oxygen atoms in total. The van der Waals surface area contributed by atoms with Gasteiger partial charge in [-0.3, -0.25) is 4.79 Å². The molecule has 1 atom stereocenters. The van der Waals surface area contributed by atoms with Gasteiger partial charge in [0.15, 0.2) is 6.23 Å². The van der Waals surface area contributed by atoms with Crippen molar-refractivity contribution in [3.8, 4) is 5.75 Å². The lowest BCUT2D eigenvalue weighted by molar-refractivity contribution is -0.134. The Bertz CT molecular complexity index is 315. The van der Waals surface area contributed by atoms with Crippen LogP contribution in [0.25, 0.3) is 0 Å². The lowest BCUT2D eigenvalue weighted by Crippen LogP contribution is -2.51. The van der Waals surface area contributed by atoms with E-state index in [1.807, 2.05) is 24.3 Å². The maximum absolute atomic E-state index is 10.6. The first-order chi connectivity index (χ1) is 6.24. The Hall–Kier alpha value is -1.03. The van der Waals surface area contributed by atoms with Gasteiger partial charge in [0.1, 0.15) is 5.75 Å². The summed E-state index contributed by atoms with van der Waals surface area (Å²) in [5.41, 5.74) is 0. The van der Waals surface area contributed by atoms with E-state index in [0.29, 0.717) is 6.42 Å². The van der Waals surface area contributed by atoms with E-state index in [9.17, 15) is 4.79 Å². The molecule has 1 N–H and O–H groups in total. The summed E-state index contributed by atoms with van der Waals surface area (Å²) in [5, 5.41) is 2.63. The van der Waals surface area contributed by atoms with Gasteiger partial charge in [0.05, 0.1) is 6.42 Å². The van der Waals surface area contributed by atoms with Crippen molar-refractivity contribution in [3.05, 3.63) is 28.7 Å². The highest BCUT2D eigenvalue weighted by atomic mass is 79.9. The van der Waals surface area contributed by atoms with Gasteiger partial charge in [-0.1, -0.05) is 15.9 Å². The molecule has 1 saturated heterocycles. The minimum absolute atomic E-state index is 0.0436. The Labute approximate surface area is 84.2 Å². The summed E-state index contributed by atoms with van der Waals surface area (Å²) in [7, 11) is 0. The standard InChI is InChI=1S/C9H8BrNO2/c10-6-1-3-7(4-2-6)13-9-5-8(12)11-9/h1-4,9H,5H2,(H,11,12)/t9-/m1/s1. The van der Waals surface area contributed by atoms with Crippen LogP contribution in [-0.4, -0.2) is 12.1 Å². The minimum atomic E-state index is -0.145. The van der Waals surface area contributed by atoms with Crippen LogP contribution < -0.4 is 10.1 Å². The number of benzene rings is 1. The van der Waals surface area contributed by atoms with Gasteiger partial charge in [-0.2, -0.15) is 0 Å². The molecule has 1 heterocycles. The molecular formula is C9H8BrNO2. The summed E-state index contributed by atoms with van der Waals surface area (Å²) in [6.07, 6.45) is 0.310. The Balaban J connectivity index is 1.95. The SMILES string of the molecule is O=C1C[C@@H](Oc2ccc(Br)cc2)N1. The maximum Gasteiger partial charge on any atom is 0.228 e. The quantitative estimate of drug-likeness (QED) is 0.801. The van der Waals surface area contributed by atoms with Crippen LogP contribution >= 0.6 is 15.9 Å². The number of hydrogen-bond acceptors (Lipinski definition) is 2. The summed E-state index contributed by atoms with van der Waals surface area (Å²) in [4.78, 5) is 10.6. The topological polar surface area (TPSA) is 38.3 Å². The van der Waals surface area contributed by atoms with Crippen molar-refractivity contribution in [3.63, 3.8) is 0 Å². The summed E-state index contributed by atoms with van der Waals surface area (Å²) < 4.78 is 6.43. The average Bonchev–Trinajstić information content (AvgIpc) is 2.06. The van der Waals surface area contributed by atoms with Crippen LogP contribution in [0.1, 0.15) is 6.42 Å². The minimum Gasteiger partial charge on any atom is -0.470 e. The monoisotopic (exact) mass is 241 g/mol. The fourth-order valence-corrected chi connectivity index (χ4v) is 1.34. The third kappa shape index (κ3) is 2.01. The normalized spacial score (nSPS) is 20.4. The van der Waals surface area contributed by atoms with Crippen LogP contribution in [0.15, 0.2) is 28.7 Å². The van der Waals surface area contributed by atoms with Crippen LogP contribution in [0.2, 0.25) is 0 Å². The van der Waals surface area contributed by atoms with Crippen LogP contribution in [0.4, 0.5) is 0 Å². The van der Waals surface area contributed by atoms with E-state index in [0.717, 1.165) is 10.2 Å². The fraction of sp³-hybridized carbons (Fsp3) is 0.222. The van der Waals surface area contributed by atoms with Gasteiger partial charge in [-0.05, 0) is 24.3 Å².